The first-order valence-electron chi connectivity index (χ1n) is 8.21. The van der Waals surface area contributed by atoms with Gasteiger partial charge in [0, 0.05) is 13.1 Å². The maximum Gasteiger partial charge on any atom is 0.00772 e. The van der Waals surface area contributed by atoms with E-state index in [-0.39, 0.29) is 0 Å². The topological polar surface area (TPSA) is 21.9 Å². The van der Waals surface area contributed by atoms with Gasteiger partial charge >= 0.3 is 0 Å². The van der Waals surface area contributed by atoms with Crippen molar-refractivity contribution < 1.29 is 0 Å². The van der Waals surface area contributed by atoms with Gasteiger partial charge in [-0.2, -0.15) is 0 Å². The van der Waals surface area contributed by atoms with Gasteiger partial charge < -0.3 is 5.32 Å². The Bertz CT molecular complexity index is 553. The SMILES string of the molecule is C1CN1.CCc1ccc(-c2ccccc2)c(CC)c1CC. The van der Waals surface area contributed by atoms with Gasteiger partial charge in [-0.05, 0) is 47.1 Å². The minimum Gasteiger partial charge on any atom is -0.314 e. The van der Waals surface area contributed by atoms with Gasteiger partial charge in [-0.3, -0.25) is 0 Å². The van der Waals surface area contributed by atoms with Crippen LogP contribution in [-0.4, -0.2) is 13.1 Å². The van der Waals surface area contributed by atoms with Crippen LogP contribution in [0.2, 0.25) is 0 Å². The molecule has 2 aromatic rings. The van der Waals surface area contributed by atoms with Crippen LogP contribution in [0.15, 0.2) is 42.5 Å². The van der Waals surface area contributed by atoms with Crippen LogP contribution >= 0.6 is 0 Å². The minimum atomic E-state index is 1.11. The molecule has 0 spiro atoms. The van der Waals surface area contributed by atoms with Crippen LogP contribution in [0, 0.1) is 0 Å². The molecule has 1 aliphatic heterocycles. The number of hydrogen-bond donors (Lipinski definition) is 1. The van der Waals surface area contributed by atoms with Gasteiger partial charge in [0.05, 0.1) is 0 Å². The van der Waals surface area contributed by atoms with Crippen LogP contribution in [0.1, 0.15) is 37.5 Å². The van der Waals surface area contributed by atoms with E-state index >= 15 is 0 Å². The van der Waals surface area contributed by atoms with E-state index in [4.69, 9.17) is 0 Å². The van der Waals surface area contributed by atoms with Gasteiger partial charge in [0.15, 0.2) is 0 Å². The fraction of sp³-hybridized carbons (Fsp3) is 0.400. The number of rotatable bonds is 4. The lowest BCUT2D eigenvalue weighted by Crippen LogP contribution is -2.00. The molecule has 3 rings (SSSR count). The predicted molar refractivity (Wildman–Crippen MR) is 92.9 cm³/mol. The lowest BCUT2D eigenvalue weighted by molar-refractivity contribution is 0.983. The molecule has 1 N–H and O–H groups in total. The normalized spacial score (nSPS) is 12.5. The van der Waals surface area contributed by atoms with Crippen molar-refractivity contribution in [1.82, 2.24) is 5.32 Å². The summed E-state index contributed by atoms with van der Waals surface area (Å²) in [5.74, 6) is 0. The lowest BCUT2D eigenvalue weighted by atomic mass is 9.88. The molecule has 0 aliphatic carbocycles. The molecular formula is C20H27N. The van der Waals surface area contributed by atoms with Gasteiger partial charge in [-0.1, -0.05) is 63.2 Å². The Morgan fingerprint density at radius 3 is 1.86 bits per heavy atom. The number of hydrogen-bond acceptors (Lipinski definition) is 1. The lowest BCUT2D eigenvalue weighted by Gasteiger charge is -2.16. The van der Waals surface area contributed by atoms with E-state index < -0.39 is 0 Å². The van der Waals surface area contributed by atoms with Crippen LogP contribution < -0.4 is 5.32 Å². The molecule has 1 heteroatoms. The smallest absolute Gasteiger partial charge is 0.00772 e. The molecule has 0 saturated carbocycles. The summed E-state index contributed by atoms with van der Waals surface area (Å²) >= 11 is 0. The van der Waals surface area contributed by atoms with E-state index in [1.165, 1.54) is 35.3 Å². The van der Waals surface area contributed by atoms with Crippen LogP contribution in [0.4, 0.5) is 0 Å². The molecule has 21 heavy (non-hydrogen) atoms. The van der Waals surface area contributed by atoms with E-state index in [0.717, 1.165) is 19.3 Å². The molecule has 1 aliphatic rings. The van der Waals surface area contributed by atoms with E-state index in [2.05, 4.69) is 68.6 Å². The van der Waals surface area contributed by atoms with Crippen LogP contribution in [0.25, 0.3) is 11.1 Å². The highest BCUT2D eigenvalue weighted by atomic mass is 15.0. The highest BCUT2D eigenvalue weighted by molar-refractivity contribution is 5.69. The van der Waals surface area contributed by atoms with Crippen LogP contribution in [0.3, 0.4) is 0 Å². The average molecular weight is 281 g/mol. The first kappa shape index (κ1) is 15.8. The van der Waals surface area contributed by atoms with Crippen LogP contribution in [-0.2, 0) is 19.3 Å². The van der Waals surface area contributed by atoms with Crippen molar-refractivity contribution in [3.8, 4) is 11.1 Å². The predicted octanol–water partition coefficient (Wildman–Crippen LogP) is 4.63. The van der Waals surface area contributed by atoms with Crippen molar-refractivity contribution in [3.05, 3.63) is 59.2 Å². The molecular weight excluding hydrogens is 254 g/mol. The summed E-state index contributed by atoms with van der Waals surface area (Å²) < 4.78 is 0. The zero-order valence-corrected chi connectivity index (χ0v) is 13.6. The first-order valence-corrected chi connectivity index (χ1v) is 8.21. The standard InChI is InChI=1S/C18H22.C2H5N/c1-4-14-12-13-18(15-10-8-7-9-11-15)17(6-3)16(14)5-2;1-2-3-1/h7-13H,4-6H2,1-3H3;3H,1-2H2. The summed E-state index contributed by atoms with van der Waals surface area (Å²) in [6.45, 7) is 9.28. The number of aryl methyl sites for hydroxylation is 1. The fourth-order valence-electron chi connectivity index (χ4n) is 2.81. The second-order valence-corrected chi connectivity index (χ2v) is 5.41. The van der Waals surface area contributed by atoms with Crippen molar-refractivity contribution in [3.63, 3.8) is 0 Å². The van der Waals surface area contributed by atoms with Gasteiger partial charge in [0.25, 0.3) is 0 Å². The van der Waals surface area contributed by atoms with Crippen molar-refractivity contribution in [2.75, 3.05) is 13.1 Å². The zero-order chi connectivity index (χ0) is 15.1. The van der Waals surface area contributed by atoms with Crippen molar-refractivity contribution >= 4 is 0 Å². The molecule has 112 valence electrons. The number of nitrogens with one attached hydrogen (secondary N) is 1. The summed E-state index contributed by atoms with van der Waals surface area (Å²) in [5, 5.41) is 3.00. The molecule has 0 amide bonds. The third-order valence-electron chi connectivity index (χ3n) is 3.95. The van der Waals surface area contributed by atoms with E-state index in [9.17, 15) is 0 Å². The molecule has 0 bridgehead atoms. The Hall–Kier alpha value is -1.60. The third-order valence-corrected chi connectivity index (χ3v) is 3.95. The molecule has 2 aromatic carbocycles. The second kappa shape index (κ2) is 7.99. The maximum atomic E-state index is 3.00. The zero-order valence-electron chi connectivity index (χ0n) is 13.6. The van der Waals surface area contributed by atoms with E-state index in [0.29, 0.717) is 0 Å². The minimum absolute atomic E-state index is 1.11. The molecule has 0 unspecified atom stereocenters. The summed E-state index contributed by atoms with van der Waals surface area (Å²) in [5.41, 5.74) is 7.34. The molecule has 0 aromatic heterocycles. The third kappa shape index (κ3) is 4.18. The molecule has 1 fully saturated rings. The molecule has 1 nitrogen and oxygen atoms in total. The summed E-state index contributed by atoms with van der Waals surface area (Å²) in [6, 6.07) is 15.3. The average Bonchev–Trinajstić information content (AvgIpc) is 3.42. The first-order chi connectivity index (χ1) is 10.3. The fourth-order valence-corrected chi connectivity index (χ4v) is 2.81. The molecule has 0 radical (unpaired) electrons. The molecule has 0 atom stereocenters. The van der Waals surface area contributed by atoms with Crippen molar-refractivity contribution in [2.24, 2.45) is 0 Å². The summed E-state index contributed by atoms with van der Waals surface area (Å²) in [7, 11) is 0. The monoisotopic (exact) mass is 281 g/mol. The number of benzene rings is 2. The Labute approximate surface area is 129 Å². The Kier molecular flexibility index (Phi) is 6.01. The van der Waals surface area contributed by atoms with E-state index in [1.807, 2.05) is 0 Å². The molecule has 1 heterocycles. The summed E-state index contributed by atoms with van der Waals surface area (Å²) in [4.78, 5) is 0. The quantitative estimate of drug-likeness (QED) is 0.811. The Morgan fingerprint density at radius 2 is 1.38 bits per heavy atom. The van der Waals surface area contributed by atoms with Gasteiger partial charge in [0.1, 0.15) is 0 Å². The van der Waals surface area contributed by atoms with Crippen LogP contribution in [0.5, 0.6) is 0 Å². The highest BCUT2D eigenvalue weighted by Gasteiger charge is 2.10. The second-order valence-electron chi connectivity index (χ2n) is 5.41. The Morgan fingerprint density at radius 1 is 0.762 bits per heavy atom. The summed E-state index contributed by atoms with van der Waals surface area (Å²) in [6.07, 6.45) is 3.37. The molecule has 1 saturated heterocycles. The largest absolute Gasteiger partial charge is 0.314 e. The maximum absolute atomic E-state index is 3.00. The van der Waals surface area contributed by atoms with Gasteiger partial charge in [-0.15, -0.1) is 0 Å². The Balaban J connectivity index is 0.000000477. The highest BCUT2D eigenvalue weighted by Crippen LogP contribution is 2.29. The van der Waals surface area contributed by atoms with E-state index in [1.54, 1.807) is 5.56 Å². The van der Waals surface area contributed by atoms with Gasteiger partial charge in [-0.25, -0.2) is 0 Å². The van der Waals surface area contributed by atoms with Crippen molar-refractivity contribution in [1.29, 1.82) is 0 Å². The van der Waals surface area contributed by atoms with Gasteiger partial charge in [0.2, 0.25) is 0 Å². The van der Waals surface area contributed by atoms with Crippen molar-refractivity contribution in [2.45, 2.75) is 40.0 Å².